The molecule has 2 fully saturated rings. The number of anilines is 1. The number of halogens is 1. The molecule has 0 aliphatic carbocycles. The Hall–Kier alpha value is -0.740. The van der Waals surface area contributed by atoms with E-state index in [1.54, 1.807) is 0 Å². The minimum absolute atomic E-state index is 0. The summed E-state index contributed by atoms with van der Waals surface area (Å²) in [6, 6.07) is 4.12. The molecule has 1 aromatic heterocycles. The quantitative estimate of drug-likeness (QED) is 0.385. The molecule has 6 nitrogen and oxygen atoms in total. The van der Waals surface area contributed by atoms with E-state index in [1.165, 1.54) is 24.2 Å². The van der Waals surface area contributed by atoms with Crippen LogP contribution in [0.1, 0.15) is 18.4 Å². The van der Waals surface area contributed by atoms with Gasteiger partial charge in [-0.2, -0.15) is 11.8 Å². The van der Waals surface area contributed by atoms with Crippen LogP contribution in [0, 0.1) is 0 Å². The smallest absolute Gasteiger partial charge is 0.191 e. The highest BCUT2D eigenvalue weighted by molar-refractivity contribution is 14.0. The molecule has 1 unspecified atom stereocenters. The van der Waals surface area contributed by atoms with Gasteiger partial charge in [0.1, 0.15) is 5.82 Å². The lowest BCUT2D eigenvalue weighted by Crippen LogP contribution is -2.41. The van der Waals surface area contributed by atoms with Gasteiger partial charge in [-0.15, -0.1) is 24.0 Å². The summed E-state index contributed by atoms with van der Waals surface area (Å²) in [5.41, 5.74) is 1.19. The lowest BCUT2D eigenvalue weighted by molar-refractivity contribution is 0.122. The lowest BCUT2D eigenvalue weighted by Gasteiger charge is -2.29. The number of hydrogen-bond acceptors (Lipinski definition) is 5. The molecule has 2 aliphatic heterocycles. The molecule has 1 atom stereocenters. The average molecular weight is 477 g/mol. The summed E-state index contributed by atoms with van der Waals surface area (Å²) in [5, 5.41) is 7.58. The highest BCUT2D eigenvalue weighted by Crippen LogP contribution is 2.25. The molecular weight excluding hydrogens is 449 g/mol. The summed E-state index contributed by atoms with van der Waals surface area (Å²) in [6.07, 6.45) is 4.50. The van der Waals surface area contributed by atoms with Gasteiger partial charge in [-0.05, 0) is 24.7 Å². The number of hydrogen-bond donors (Lipinski definition) is 2. The number of pyridine rings is 1. The molecular formula is C17H28IN5OS. The van der Waals surface area contributed by atoms with Gasteiger partial charge in [-0.3, -0.25) is 4.99 Å². The van der Waals surface area contributed by atoms with Crippen LogP contribution in [-0.4, -0.2) is 61.8 Å². The number of nitrogens with one attached hydrogen (secondary N) is 2. The number of aromatic nitrogens is 1. The molecule has 140 valence electrons. The number of rotatable bonds is 5. The lowest BCUT2D eigenvalue weighted by atomic mass is 10.2. The molecule has 2 N–H and O–H groups in total. The number of nitrogens with zero attached hydrogens (tertiary/aromatic N) is 3. The minimum atomic E-state index is 0. The van der Waals surface area contributed by atoms with Gasteiger partial charge in [0, 0.05) is 50.2 Å². The highest BCUT2D eigenvalue weighted by atomic mass is 127. The van der Waals surface area contributed by atoms with Crippen molar-refractivity contribution >= 4 is 47.5 Å². The Morgan fingerprint density at radius 3 is 2.96 bits per heavy atom. The summed E-state index contributed by atoms with van der Waals surface area (Å²) in [6.45, 7) is 5.04. The molecule has 1 aromatic rings. The van der Waals surface area contributed by atoms with E-state index in [4.69, 9.17) is 4.74 Å². The first-order valence-corrected chi connectivity index (χ1v) is 9.74. The van der Waals surface area contributed by atoms with Crippen molar-refractivity contribution in [2.24, 2.45) is 4.99 Å². The van der Waals surface area contributed by atoms with Crippen molar-refractivity contribution in [3.8, 4) is 0 Å². The Balaban J connectivity index is 0.00000225. The van der Waals surface area contributed by atoms with Crippen LogP contribution in [0.3, 0.4) is 0 Å². The van der Waals surface area contributed by atoms with Gasteiger partial charge >= 0.3 is 0 Å². The first-order valence-electron chi connectivity index (χ1n) is 8.69. The topological polar surface area (TPSA) is 61.8 Å². The predicted octanol–water partition coefficient (Wildman–Crippen LogP) is 2.10. The standard InChI is InChI=1S/C17H27N5OS.HI/c1-18-17(21-13-15-5-3-11-24-15)20-12-14-4-2-6-19-16(14)22-7-9-23-10-8-22;/h2,4,6,15H,3,5,7-13H2,1H3,(H2,18,20,21);1H. The fraction of sp³-hybridized carbons (Fsp3) is 0.647. The molecule has 0 spiro atoms. The monoisotopic (exact) mass is 477 g/mol. The van der Waals surface area contributed by atoms with Crippen molar-refractivity contribution < 1.29 is 4.74 Å². The van der Waals surface area contributed by atoms with Crippen molar-refractivity contribution in [2.45, 2.75) is 24.6 Å². The van der Waals surface area contributed by atoms with Crippen LogP contribution >= 0.6 is 35.7 Å². The van der Waals surface area contributed by atoms with Crippen molar-refractivity contribution in [2.75, 3.05) is 50.5 Å². The van der Waals surface area contributed by atoms with Gasteiger partial charge in [-0.25, -0.2) is 4.98 Å². The number of ether oxygens (including phenoxy) is 1. The first kappa shape index (κ1) is 20.6. The number of aliphatic imine (C=N–C) groups is 1. The zero-order chi connectivity index (χ0) is 16.6. The first-order chi connectivity index (χ1) is 11.9. The van der Waals surface area contributed by atoms with E-state index in [2.05, 4.69) is 43.3 Å². The van der Waals surface area contributed by atoms with Crippen molar-refractivity contribution in [1.82, 2.24) is 15.6 Å². The molecule has 0 aromatic carbocycles. The molecule has 3 heterocycles. The summed E-state index contributed by atoms with van der Waals surface area (Å²) >= 11 is 2.06. The molecule has 0 saturated carbocycles. The van der Waals surface area contributed by atoms with Crippen LogP contribution in [0.15, 0.2) is 23.3 Å². The second-order valence-corrected chi connectivity index (χ2v) is 7.44. The van der Waals surface area contributed by atoms with E-state index in [0.29, 0.717) is 5.25 Å². The Kier molecular flexibility index (Phi) is 9.11. The minimum Gasteiger partial charge on any atom is -0.378 e. The van der Waals surface area contributed by atoms with E-state index in [9.17, 15) is 0 Å². The molecule has 8 heteroatoms. The zero-order valence-corrected chi connectivity index (χ0v) is 17.9. The average Bonchev–Trinajstić information content (AvgIpc) is 3.16. The van der Waals surface area contributed by atoms with Crippen LogP contribution in [0.4, 0.5) is 5.82 Å². The van der Waals surface area contributed by atoms with Gasteiger partial charge in [0.15, 0.2) is 5.96 Å². The molecule has 25 heavy (non-hydrogen) atoms. The predicted molar refractivity (Wildman–Crippen MR) is 116 cm³/mol. The van der Waals surface area contributed by atoms with Gasteiger partial charge in [-0.1, -0.05) is 6.07 Å². The third kappa shape index (κ3) is 6.18. The van der Waals surface area contributed by atoms with E-state index in [0.717, 1.165) is 51.2 Å². The summed E-state index contributed by atoms with van der Waals surface area (Å²) < 4.78 is 5.44. The van der Waals surface area contributed by atoms with Crippen molar-refractivity contribution in [1.29, 1.82) is 0 Å². The molecule has 3 rings (SSSR count). The summed E-state index contributed by atoms with van der Waals surface area (Å²) in [7, 11) is 1.82. The fourth-order valence-electron chi connectivity index (χ4n) is 3.04. The normalized spacial score (nSPS) is 20.9. The second kappa shape index (κ2) is 11.1. The van der Waals surface area contributed by atoms with Gasteiger partial charge < -0.3 is 20.3 Å². The third-order valence-electron chi connectivity index (χ3n) is 4.37. The Morgan fingerprint density at radius 2 is 2.24 bits per heavy atom. The molecule has 0 amide bonds. The van der Waals surface area contributed by atoms with Crippen LogP contribution in [0.5, 0.6) is 0 Å². The molecule has 2 aliphatic rings. The maximum atomic E-state index is 5.44. The van der Waals surface area contributed by atoms with Crippen LogP contribution in [0.25, 0.3) is 0 Å². The number of thioether (sulfide) groups is 1. The third-order valence-corrected chi connectivity index (χ3v) is 5.77. The number of guanidine groups is 1. The van der Waals surface area contributed by atoms with Crippen molar-refractivity contribution in [3.05, 3.63) is 23.9 Å². The summed E-state index contributed by atoms with van der Waals surface area (Å²) in [4.78, 5) is 11.2. The maximum Gasteiger partial charge on any atom is 0.191 e. The van der Waals surface area contributed by atoms with Gasteiger partial charge in [0.25, 0.3) is 0 Å². The van der Waals surface area contributed by atoms with E-state index in [1.807, 2.05) is 19.3 Å². The number of morpholine rings is 1. The second-order valence-electron chi connectivity index (χ2n) is 6.03. The van der Waals surface area contributed by atoms with E-state index < -0.39 is 0 Å². The Labute approximate surface area is 171 Å². The Morgan fingerprint density at radius 1 is 1.40 bits per heavy atom. The van der Waals surface area contributed by atoms with E-state index in [-0.39, 0.29) is 24.0 Å². The maximum absolute atomic E-state index is 5.44. The highest BCUT2D eigenvalue weighted by Gasteiger charge is 2.17. The summed E-state index contributed by atoms with van der Waals surface area (Å²) in [5.74, 6) is 3.20. The van der Waals surface area contributed by atoms with E-state index >= 15 is 0 Å². The Bertz CT molecular complexity index is 548. The SMILES string of the molecule is CN=C(NCc1cccnc1N1CCOCC1)NCC1CCCS1.I. The van der Waals surface area contributed by atoms with Gasteiger partial charge in [0.05, 0.1) is 13.2 Å². The van der Waals surface area contributed by atoms with Crippen molar-refractivity contribution in [3.63, 3.8) is 0 Å². The van der Waals surface area contributed by atoms with Crippen LogP contribution < -0.4 is 15.5 Å². The van der Waals surface area contributed by atoms with Gasteiger partial charge in [0.2, 0.25) is 0 Å². The molecule has 2 saturated heterocycles. The molecule has 0 bridgehead atoms. The molecule has 0 radical (unpaired) electrons. The fourth-order valence-corrected chi connectivity index (χ4v) is 4.24. The largest absolute Gasteiger partial charge is 0.378 e. The zero-order valence-electron chi connectivity index (χ0n) is 14.7. The van der Waals surface area contributed by atoms with Crippen LogP contribution in [0.2, 0.25) is 0 Å². The van der Waals surface area contributed by atoms with Crippen LogP contribution in [-0.2, 0) is 11.3 Å².